The summed E-state index contributed by atoms with van der Waals surface area (Å²) in [5, 5.41) is 3.98. The van der Waals surface area contributed by atoms with Crippen molar-refractivity contribution >= 4 is 0 Å². The van der Waals surface area contributed by atoms with Crippen LogP contribution >= 0.6 is 0 Å². The van der Waals surface area contributed by atoms with Crippen LogP contribution in [0.25, 0.3) is 0 Å². The third-order valence-electron chi connectivity index (χ3n) is 2.51. The predicted molar refractivity (Wildman–Crippen MR) is 59.5 cm³/mol. The zero-order valence-electron chi connectivity index (χ0n) is 10.1. The maximum Gasteiger partial charge on any atom is 0.226 e. The second kappa shape index (κ2) is 4.75. The van der Waals surface area contributed by atoms with Crippen molar-refractivity contribution < 1.29 is 4.52 Å². The fourth-order valence-electron chi connectivity index (χ4n) is 1.28. The van der Waals surface area contributed by atoms with E-state index in [1.165, 1.54) is 0 Å². The third-order valence-corrected chi connectivity index (χ3v) is 2.51. The van der Waals surface area contributed by atoms with Gasteiger partial charge in [-0.2, -0.15) is 4.98 Å². The molecule has 0 aliphatic heterocycles. The lowest BCUT2D eigenvalue weighted by Crippen LogP contribution is -2.16. The van der Waals surface area contributed by atoms with E-state index in [1.54, 1.807) is 0 Å². The molecule has 0 aliphatic carbocycles. The van der Waals surface area contributed by atoms with Crippen molar-refractivity contribution in [2.75, 3.05) is 6.54 Å². The van der Waals surface area contributed by atoms with Crippen molar-refractivity contribution in [3.05, 3.63) is 11.7 Å². The smallest absolute Gasteiger partial charge is 0.226 e. The minimum absolute atomic E-state index is 0.0494. The van der Waals surface area contributed by atoms with Gasteiger partial charge in [0.15, 0.2) is 5.82 Å². The number of nitrogens with zero attached hydrogens (tertiary/aromatic N) is 2. The molecule has 0 bridgehead atoms. The van der Waals surface area contributed by atoms with Crippen LogP contribution in [0.2, 0.25) is 0 Å². The Hall–Kier alpha value is -0.900. The Morgan fingerprint density at radius 3 is 2.47 bits per heavy atom. The Kier molecular flexibility index (Phi) is 3.85. The van der Waals surface area contributed by atoms with Crippen LogP contribution in [0, 0.1) is 5.92 Å². The van der Waals surface area contributed by atoms with Gasteiger partial charge in [0, 0.05) is 11.8 Å². The third kappa shape index (κ3) is 3.30. The van der Waals surface area contributed by atoms with E-state index in [0.29, 0.717) is 18.4 Å². The topological polar surface area (TPSA) is 64.9 Å². The Morgan fingerprint density at radius 1 is 1.40 bits per heavy atom. The molecule has 0 saturated carbocycles. The molecule has 2 N–H and O–H groups in total. The van der Waals surface area contributed by atoms with Crippen LogP contribution in [0.5, 0.6) is 0 Å². The van der Waals surface area contributed by atoms with Crippen LogP contribution in [0.1, 0.15) is 45.8 Å². The summed E-state index contributed by atoms with van der Waals surface area (Å²) in [6.07, 6.45) is 1.83. The van der Waals surface area contributed by atoms with Gasteiger partial charge in [-0.1, -0.05) is 39.3 Å². The summed E-state index contributed by atoms with van der Waals surface area (Å²) in [7, 11) is 0. The predicted octanol–water partition coefficient (Wildman–Crippen LogP) is 1.89. The summed E-state index contributed by atoms with van der Waals surface area (Å²) in [6.45, 7) is 9.01. The Bertz CT molecular complexity index is 297. The van der Waals surface area contributed by atoms with Gasteiger partial charge < -0.3 is 10.3 Å². The van der Waals surface area contributed by atoms with Crippen LogP contribution in [-0.2, 0) is 11.8 Å². The monoisotopic (exact) mass is 211 g/mol. The number of hydrogen-bond acceptors (Lipinski definition) is 4. The molecule has 4 heteroatoms. The average Bonchev–Trinajstić information content (AvgIpc) is 2.61. The average molecular weight is 211 g/mol. The summed E-state index contributed by atoms with van der Waals surface area (Å²) in [6, 6.07) is 0. The van der Waals surface area contributed by atoms with Gasteiger partial charge in [-0.25, -0.2) is 0 Å². The number of hydrogen-bond donors (Lipinski definition) is 1. The van der Waals surface area contributed by atoms with Crippen LogP contribution in [0.4, 0.5) is 0 Å². The molecule has 0 amide bonds. The first kappa shape index (κ1) is 12.2. The van der Waals surface area contributed by atoms with Gasteiger partial charge in [0.2, 0.25) is 5.89 Å². The number of nitrogens with two attached hydrogens (primary N) is 1. The standard InChI is InChI=1S/C11H21N3O/c1-5-8(7-12)6-9-13-10(14-15-9)11(2,3)4/h8H,5-7,12H2,1-4H3. The van der Waals surface area contributed by atoms with E-state index in [1.807, 2.05) is 0 Å². The zero-order valence-corrected chi connectivity index (χ0v) is 10.1. The summed E-state index contributed by atoms with van der Waals surface area (Å²) >= 11 is 0. The van der Waals surface area contributed by atoms with E-state index in [4.69, 9.17) is 10.3 Å². The molecule has 86 valence electrons. The van der Waals surface area contributed by atoms with E-state index in [9.17, 15) is 0 Å². The van der Waals surface area contributed by atoms with Crippen LogP contribution < -0.4 is 5.73 Å². The molecule has 1 rings (SSSR count). The maximum absolute atomic E-state index is 5.63. The van der Waals surface area contributed by atoms with Gasteiger partial charge in [0.25, 0.3) is 0 Å². The molecule has 1 unspecified atom stereocenters. The van der Waals surface area contributed by atoms with Gasteiger partial charge in [-0.15, -0.1) is 0 Å². The molecule has 0 aliphatic rings. The van der Waals surface area contributed by atoms with Crippen molar-refractivity contribution in [1.82, 2.24) is 10.1 Å². The van der Waals surface area contributed by atoms with Crippen LogP contribution in [0.15, 0.2) is 4.52 Å². The first-order valence-corrected chi connectivity index (χ1v) is 5.50. The highest BCUT2D eigenvalue weighted by Crippen LogP contribution is 2.19. The van der Waals surface area contributed by atoms with Gasteiger partial charge in [-0.3, -0.25) is 0 Å². The quantitative estimate of drug-likeness (QED) is 0.826. The fourth-order valence-corrected chi connectivity index (χ4v) is 1.28. The molecule has 1 aromatic heterocycles. The van der Waals surface area contributed by atoms with Crippen LogP contribution in [-0.4, -0.2) is 16.7 Å². The minimum atomic E-state index is -0.0494. The summed E-state index contributed by atoms with van der Waals surface area (Å²) in [5.74, 6) is 1.92. The van der Waals surface area contributed by atoms with Crippen molar-refractivity contribution in [2.24, 2.45) is 11.7 Å². The van der Waals surface area contributed by atoms with Crippen molar-refractivity contribution in [2.45, 2.75) is 46.0 Å². The highest BCUT2D eigenvalue weighted by Gasteiger charge is 2.21. The van der Waals surface area contributed by atoms with E-state index in [0.717, 1.165) is 18.7 Å². The summed E-state index contributed by atoms with van der Waals surface area (Å²) < 4.78 is 5.21. The Morgan fingerprint density at radius 2 is 2.07 bits per heavy atom. The summed E-state index contributed by atoms with van der Waals surface area (Å²) in [4.78, 5) is 4.38. The number of aromatic nitrogens is 2. The molecular weight excluding hydrogens is 190 g/mol. The number of rotatable bonds is 4. The highest BCUT2D eigenvalue weighted by molar-refractivity contribution is 5.00. The van der Waals surface area contributed by atoms with Crippen LogP contribution in [0.3, 0.4) is 0 Å². The normalized spacial score (nSPS) is 14.2. The van der Waals surface area contributed by atoms with Crippen molar-refractivity contribution in [3.8, 4) is 0 Å². The molecule has 1 atom stereocenters. The molecule has 0 radical (unpaired) electrons. The SMILES string of the molecule is CCC(CN)Cc1nc(C(C)(C)C)no1. The molecule has 0 fully saturated rings. The van der Waals surface area contributed by atoms with E-state index >= 15 is 0 Å². The minimum Gasteiger partial charge on any atom is -0.339 e. The van der Waals surface area contributed by atoms with Crippen molar-refractivity contribution in [1.29, 1.82) is 0 Å². The van der Waals surface area contributed by atoms with Crippen molar-refractivity contribution in [3.63, 3.8) is 0 Å². The second-order valence-electron chi connectivity index (χ2n) is 4.98. The molecular formula is C11H21N3O. The van der Waals surface area contributed by atoms with Gasteiger partial charge in [0.1, 0.15) is 0 Å². The summed E-state index contributed by atoms with van der Waals surface area (Å²) in [5.41, 5.74) is 5.58. The van der Waals surface area contributed by atoms with E-state index < -0.39 is 0 Å². The second-order valence-corrected chi connectivity index (χ2v) is 4.98. The maximum atomic E-state index is 5.63. The fraction of sp³-hybridized carbons (Fsp3) is 0.818. The zero-order chi connectivity index (χ0) is 11.5. The Labute approximate surface area is 91.2 Å². The lowest BCUT2D eigenvalue weighted by atomic mass is 9.96. The first-order chi connectivity index (χ1) is 6.97. The molecule has 15 heavy (non-hydrogen) atoms. The van der Waals surface area contributed by atoms with Gasteiger partial charge in [0.05, 0.1) is 0 Å². The van der Waals surface area contributed by atoms with Gasteiger partial charge in [-0.05, 0) is 12.5 Å². The van der Waals surface area contributed by atoms with E-state index in [2.05, 4.69) is 37.8 Å². The lowest BCUT2D eigenvalue weighted by Gasteiger charge is -2.11. The molecule has 1 heterocycles. The largest absolute Gasteiger partial charge is 0.339 e. The first-order valence-electron chi connectivity index (χ1n) is 5.50. The Balaban J connectivity index is 2.68. The molecule has 1 aromatic rings. The molecule has 0 spiro atoms. The molecule has 4 nitrogen and oxygen atoms in total. The van der Waals surface area contributed by atoms with E-state index in [-0.39, 0.29) is 5.41 Å². The van der Waals surface area contributed by atoms with Gasteiger partial charge >= 0.3 is 0 Å². The lowest BCUT2D eigenvalue weighted by molar-refractivity contribution is 0.341. The molecule has 0 saturated heterocycles. The highest BCUT2D eigenvalue weighted by atomic mass is 16.5. The molecule has 0 aromatic carbocycles.